The van der Waals surface area contributed by atoms with Gasteiger partial charge in [0.05, 0.1) is 12.2 Å². The molecule has 0 unspecified atom stereocenters. The molecule has 2 fully saturated rings. The van der Waals surface area contributed by atoms with E-state index in [4.69, 9.17) is 0 Å². The zero-order valence-corrected chi connectivity index (χ0v) is 14.9. The van der Waals surface area contributed by atoms with Crippen LogP contribution in [0.15, 0.2) is 6.07 Å². The molecule has 2 aliphatic rings. The first-order valence-electron chi connectivity index (χ1n) is 9.57. The van der Waals surface area contributed by atoms with Gasteiger partial charge in [-0.05, 0) is 38.2 Å². The second-order valence-corrected chi connectivity index (χ2v) is 7.31. The average Bonchev–Trinajstić information content (AvgIpc) is 3.13. The van der Waals surface area contributed by atoms with Crippen LogP contribution in [0.2, 0.25) is 0 Å². The summed E-state index contributed by atoms with van der Waals surface area (Å²) in [6.45, 7) is 4.58. The SMILES string of the molecule is Cc1cc(CNC(=O)CCC2CCCCC2)nc(N2CCCC2)n1. The third kappa shape index (κ3) is 4.92. The second kappa shape index (κ2) is 8.45. The lowest BCUT2D eigenvalue weighted by atomic mass is 9.86. The molecule has 24 heavy (non-hydrogen) atoms. The molecule has 1 saturated carbocycles. The Morgan fingerprint density at radius 2 is 1.92 bits per heavy atom. The maximum absolute atomic E-state index is 12.1. The molecule has 1 aliphatic heterocycles. The molecule has 1 aliphatic carbocycles. The smallest absolute Gasteiger partial charge is 0.225 e. The topological polar surface area (TPSA) is 58.1 Å². The predicted octanol–water partition coefficient (Wildman–Crippen LogP) is 3.36. The summed E-state index contributed by atoms with van der Waals surface area (Å²) in [5.41, 5.74) is 1.88. The van der Waals surface area contributed by atoms with Crippen molar-refractivity contribution in [2.24, 2.45) is 5.92 Å². The van der Waals surface area contributed by atoms with Crippen LogP contribution in [0.5, 0.6) is 0 Å². The monoisotopic (exact) mass is 330 g/mol. The standard InChI is InChI=1S/C19H30N4O/c1-15-13-17(22-19(21-15)23-11-5-6-12-23)14-20-18(24)10-9-16-7-3-2-4-8-16/h13,16H,2-12,14H2,1H3,(H,20,24). The van der Waals surface area contributed by atoms with E-state index in [-0.39, 0.29) is 5.91 Å². The van der Waals surface area contributed by atoms with Crippen LogP contribution in [0.25, 0.3) is 0 Å². The molecule has 1 aromatic rings. The van der Waals surface area contributed by atoms with E-state index in [1.165, 1.54) is 44.9 Å². The molecular formula is C19H30N4O. The maximum Gasteiger partial charge on any atom is 0.225 e. The van der Waals surface area contributed by atoms with Crippen molar-refractivity contribution < 1.29 is 4.79 Å². The van der Waals surface area contributed by atoms with Crippen molar-refractivity contribution in [1.82, 2.24) is 15.3 Å². The minimum atomic E-state index is 0.152. The zero-order valence-electron chi connectivity index (χ0n) is 14.9. The maximum atomic E-state index is 12.1. The predicted molar refractivity (Wildman–Crippen MR) is 95.9 cm³/mol. The van der Waals surface area contributed by atoms with Gasteiger partial charge in [0, 0.05) is 25.2 Å². The molecule has 0 aromatic carbocycles. The fourth-order valence-electron chi connectivity index (χ4n) is 3.85. The highest BCUT2D eigenvalue weighted by Gasteiger charge is 2.17. The molecule has 0 spiro atoms. The number of rotatable bonds is 6. The van der Waals surface area contributed by atoms with Gasteiger partial charge in [0.2, 0.25) is 11.9 Å². The summed E-state index contributed by atoms with van der Waals surface area (Å²) in [4.78, 5) is 23.5. The van der Waals surface area contributed by atoms with E-state index in [0.717, 1.165) is 42.8 Å². The fraction of sp³-hybridized carbons (Fsp3) is 0.737. The Morgan fingerprint density at radius 3 is 2.67 bits per heavy atom. The number of amides is 1. The Labute approximate surface area is 145 Å². The van der Waals surface area contributed by atoms with Gasteiger partial charge in [-0.25, -0.2) is 9.97 Å². The van der Waals surface area contributed by atoms with E-state index in [2.05, 4.69) is 20.2 Å². The van der Waals surface area contributed by atoms with Gasteiger partial charge in [-0.1, -0.05) is 32.1 Å². The van der Waals surface area contributed by atoms with Crippen molar-refractivity contribution in [3.8, 4) is 0 Å². The summed E-state index contributed by atoms with van der Waals surface area (Å²) in [6, 6.07) is 1.97. The Balaban J connectivity index is 1.47. The van der Waals surface area contributed by atoms with Crippen molar-refractivity contribution in [2.45, 2.75) is 71.3 Å². The van der Waals surface area contributed by atoms with Crippen LogP contribution < -0.4 is 10.2 Å². The van der Waals surface area contributed by atoms with Crippen molar-refractivity contribution in [2.75, 3.05) is 18.0 Å². The molecule has 3 rings (SSSR count). The molecule has 0 atom stereocenters. The van der Waals surface area contributed by atoms with Gasteiger partial charge in [-0.2, -0.15) is 0 Å². The molecule has 5 heteroatoms. The number of anilines is 1. The number of hydrogen-bond donors (Lipinski definition) is 1. The minimum Gasteiger partial charge on any atom is -0.350 e. The van der Waals surface area contributed by atoms with E-state index in [9.17, 15) is 4.79 Å². The van der Waals surface area contributed by atoms with Crippen molar-refractivity contribution in [3.63, 3.8) is 0 Å². The highest BCUT2D eigenvalue weighted by atomic mass is 16.1. The summed E-state index contributed by atoms with van der Waals surface area (Å²) in [6.07, 6.45) is 10.8. The first kappa shape index (κ1) is 17.2. The van der Waals surface area contributed by atoms with Gasteiger partial charge in [-0.3, -0.25) is 4.79 Å². The lowest BCUT2D eigenvalue weighted by Crippen LogP contribution is -2.25. The highest BCUT2D eigenvalue weighted by molar-refractivity contribution is 5.75. The van der Waals surface area contributed by atoms with Gasteiger partial charge < -0.3 is 10.2 Å². The van der Waals surface area contributed by atoms with Crippen LogP contribution in [0.1, 0.15) is 69.2 Å². The highest BCUT2D eigenvalue weighted by Crippen LogP contribution is 2.27. The van der Waals surface area contributed by atoms with Crippen LogP contribution in [0.3, 0.4) is 0 Å². The van der Waals surface area contributed by atoms with Gasteiger partial charge in [-0.15, -0.1) is 0 Å². The first-order chi connectivity index (χ1) is 11.7. The lowest BCUT2D eigenvalue weighted by molar-refractivity contribution is -0.121. The second-order valence-electron chi connectivity index (χ2n) is 7.31. The number of carbonyl (C=O) groups excluding carboxylic acids is 1. The third-order valence-corrected chi connectivity index (χ3v) is 5.26. The quantitative estimate of drug-likeness (QED) is 0.869. The van der Waals surface area contributed by atoms with E-state index in [1.54, 1.807) is 0 Å². The van der Waals surface area contributed by atoms with Crippen LogP contribution in [0.4, 0.5) is 5.95 Å². The van der Waals surface area contributed by atoms with Crippen LogP contribution in [0, 0.1) is 12.8 Å². The van der Waals surface area contributed by atoms with Crippen molar-refractivity contribution in [3.05, 3.63) is 17.5 Å². The summed E-state index contributed by atoms with van der Waals surface area (Å²) < 4.78 is 0. The van der Waals surface area contributed by atoms with Crippen molar-refractivity contribution in [1.29, 1.82) is 0 Å². The van der Waals surface area contributed by atoms with E-state index >= 15 is 0 Å². The molecule has 132 valence electrons. The van der Waals surface area contributed by atoms with E-state index in [0.29, 0.717) is 13.0 Å². The molecule has 1 N–H and O–H groups in total. The van der Waals surface area contributed by atoms with E-state index in [1.807, 2.05) is 13.0 Å². The van der Waals surface area contributed by atoms with Crippen molar-refractivity contribution >= 4 is 11.9 Å². The summed E-state index contributed by atoms with van der Waals surface area (Å²) in [5.74, 6) is 1.73. The van der Waals surface area contributed by atoms with Gasteiger partial charge in [0.15, 0.2) is 0 Å². The number of aryl methyl sites for hydroxylation is 1. The Morgan fingerprint density at radius 1 is 1.17 bits per heavy atom. The molecule has 0 radical (unpaired) electrons. The number of nitrogens with zero attached hydrogens (tertiary/aromatic N) is 3. The molecule has 2 heterocycles. The zero-order chi connectivity index (χ0) is 16.8. The van der Waals surface area contributed by atoms with E-state index < -0.39 is 0 Å². The Kier molecular flexibility index (Phi) is 6.05. The molecule has 1 amide bonds. The average molecular weight is 330 g/mol. The largest absolute Gasteiger partial charge is 0.350 e. The fourth-order valence-corrected chi connectivity index (χ4v) is 3.85. The third-order valence-electron chi connectivity index (χ3n) is 5.26. The molecule has 0 bridgehead atoms. The first-order valence-corrected chi connectivity index (χ1v) is 9.57. The Hall–Kier alpha value is -1.65. The van der Waals surface area contributed by atoms with Crippen LogP contribution in [-0.4, -0.2) is 29.0 Å². The number of carbonyl (C=O) groups is 1. The number of aromatic nitrogens is 2. The molecular weight excluding hydrogens is 300 g/mol. The Bertz CT molecular complexity index is 548. The van der Waals surface area contributed by atoms with Gasteiger partial charge >= 0.3 is 0 Å². The van der Waals surface area contributed by atoms with Crippen LogP contribution in [-0.2, 0) is 11.3 Å². The normalized spacial score (nSPS) is 18.8. The van der Waals surface area contributed by atoms with Gasteiger partial charge in [0.1, 0.15) is 0 Å². The minimum absolute atomic E-state index is 0.152. The van der Waals surface area contributed by atoms with Gasteiger partial charge in [0.25, 0.3) is 0 Å². The van der Waals surface area contributed by atoms with Crippen LogP contribution >= 0.6 is 0 Å². The number of nitrogens with one attached hydrogen (secondary N) is 1. The molecule has 5 nitrogen and oxygen atoms in total. The summed E-state index contributed by atoms with van der Waals surface area (Å²) in [7, 11) is 0. The molecule has 1 saturated heterocycles. The lowest BCUT2D eigenvalue weighted by Gasteiger charge is -2.21. The molecule has 1 aromatic heterocycles. The summed E-state index contributed by atoms with van der Waals surface area (Å²) >= 11 is 0. The summed E-state index contributed by atoms with van der Waals surface area (Å²) in [5, 5.41) is 3.04. The number of hydrogen-bond acceptors (Lipinski definition) is 4.